The lowest BCUT2D eigenvalue weighted by atomic mass is 10.2. The summed E-state index contributed by atoms with van der Waals surface area (Å²) < 4.78 is 11.1. The van der Waals surface area contributed by atoms with Crippen LogP contribution in [0, 0.1) is 6.92 Å². The molecule has 0 amide bonds. The summed E-state index contributed by atoms with van der Waals surface area (Å²) in [6.45, 7) is 8.01. The number of aryl methyl sites for hydroxylation is 1. The maximum atomic E-state index is 5.83. The van der Waals surface area contributed by atoms with Gasteiger partial charge in [-0.1, -0.05) is 23.8 Å². The van der Waals surface area contributed by atoms with Gasteiger partial charge < -0.3 is 14.4 Å². The summed E-state index contributed by atoms with van der Waals surface area (Å²) in [4.78, 5) is 4.88. The Balaban J connectivity index is 1.42. The van der Waals surface area contributed by atoms with Crippen molar-refractivity contribution < 1.29 is 9.47 Å². The summed E-state index contributed by atoms with van der Waals surface area (Å²) in [5.74, 6) is 1.87. The Morgan fingerprint density at radius 2 is 1.67 bits per heavy atom. The lowest BCUT2D eigenvalue weighted by Gasteiger charge is -2.36. The van der Waals surface area contributed by atoms with E-state index in [9.17, 15) is 0 Å². The van der Waals surface area contributed by atoms with E-state index in [0.717, 1.165) is 50.8 Å². The Morgan fingerprint density at radius 1 is 0.917 bits per heavy atom. The largest absolute Gasteiger partial charge is 0.497 e. The Labute approximate surface area is 144 Å². The summed E-state index contributed by atoms with van der Waals surface area (Å²) in [5, 5.41) is 0. The third-order valence-corrected chi connectivity index (χ3v) is 4.49. The first kappa shape index (κ1) is 16.7. The molecule has 4 heteroatoms. The zero-order chi connectivity index (χ0) is 16.8. The van der Waals surface area contributed by atoms with Crippen molar-refractivity contribution >= 4 is 5.69 Å². The van der Waals surface area contributed by atoms with Gasteiger partial charge in [0.2, 0.25) is 0 Å². The molecule has 1 heterocycles. The van der Waals surface area contributed by atoms with Crippen molar-refractivity contribution in [2.75, 3.05) is 51.3 Å². The fourth-order valence-electron chi connectivity index (χ4n) is 2.96. The van der Waals surface area contributed by atoms with Crippen LogP contribution in [0.4, 0.5) is 5.69 Å². The van der Waals surface area contributed by atoms with E-state index in [1.807, 2.05) is 18.2 Å². The molecule has 0 atom stereocenters. The van der Waals surface area contributed by atoms with Crippen LogP contribution in [0.15, 0.2) is 48.5 Å². The van der Waals surface area contributed by atoms with Crippen molar-refractivity contribution in [3.63, 3.8) is 0 Å². The highest BCUT2D eigenvalue weighted by atomic mass is 16.5. The lowest BCUT2D eigenvalue weighted by molar-refractivity contribution is 0.200. The topological polar surface area (TPSA) is 24.9 Å². The number of ether oxygens (including phenoxy) is 2. The summed E-state index contributed by atoms with van der Waals surface area (Å²) >= 11 is 0. The van der Waals surface area contributed by atoms with Gasteiger partial charge in [0.25, 0.3) is 0 Å². The van der Waals surface area contributed by atoms with Crippen LogP contribution in [0.2, 0.25) is 0 Å². The molecule has 0 saturated carbocycles. The van der Waals surface area contributed by atoms with Gasteiger partial charge in [0.05, 0.1) is 7.11 Å². The van der Waals surface area contributed by atoms with Crippen molar-refractivity contribution in [1.82, 2.24) is 4.90 Å². The summed E-state index contributed by atoms with van der Waals surface area (Å²) in [6.07, 6.45) is 0. The van der Waals surface area contributed by atoms with Gasteiger partial charge in [-0.2, -0.15) is 0 Å². The molecule has 4 nitrogen and oxygen atoms in total. The Morgan fingerprint density at radius 3 is 2.38 bits per heavy atom. The molecule has 0 aromatic heterocycles. The maximum Gasteiger partial charge on any atom is 0.120 e. The molecule has 3 rings (SSSR count). The zero-order valence-corrected chi connectivity index (χ0v) is 14.6. The monoisotopic (exact) mass is 326 g/mol. The second kappa shape index (κ2) is 8.06. The standard InChI is InChI=1S/C20H26N2O2/c1-17-6-8-19(9-7-17)24-15-14-21-10-12-22(13-11-21)18-4-3-5-20(16-18)23-2/h3-9,16H,10-15H2,1-2H3. The molecule has 0 unspecified atom stereocenters. The van der Waals surface area contributed by atoms with Crippen molar-refractivity contribution in [1.29, 1.82) is 0 Å². The Kier molecular flexibility index (Phi) is 5.59. The van der Waals surface area contributed by atoms with Crippen LogP contribution >= 0.6 is 0 Å². The smallest absolute Gasteiger partial charge is 0.120 e. The Hall–Kier alpha value is -2.20. The molecule has 128 valence electrons. The average molecular weight is 326 g/mol. The number of hydrogen-bond acceptors (Lipinski definition) is 4. The van der Waals surface area contributed by atoms with E-state index in [1.54, 1.807) is 7.11 Å². The zero-order valence-electron chi connectivity index (χ0n) is 14.6. The van der Waals surface area contributed by atoms with Crippen LogP contribution in [0.25, 0.3) is 0 Å². The molecule has 1 fully saturated rings. The molecule has 24 heavy (non-hydrogen) atoms. The van der Waals surface area contributed by atoms with Crippen LogP contribution < -0.4 is 14.4 Å². The predicted molar refractivity (Wildman–Crippen MR) is 98.3 cm³/mol. The molecule has 0 radical (unpaired) electrons. The van der Waals surface area contributed by atoms with Crippen LogP contribution in [-0.2, 0) is 0 Å². The van der Waals surface area contributed by atoms with Crippen LogP contribution in [-0.4, -0.2) is 51.3 Å². The van der Waals surface area contributed by atoms with E-state index >= 15 is 0 Å². The molecule has 0 aliphatic carbocycles. The molecule has 1 aliphatic rings. The van der Waals surface area contributed by atoms with Crippen molar-refractivity contribution in [3.8, 4) is 11.5 Å². The van der Waals surface area contributed by atoms with Crippen molar-refractivity contribution in [2.24, 2.45) is 0 Å². The van der Waals surface area contributed by atoms with Crippen LogP contribution in [0.1, 0.15) is 5.56 Å². The van der Waals surface area contributed by atoms with Crippen LogP contribution in [0.3, 0.4) is 0 Å². The van der Waals surface area contributed by atoms with Gasteiger partial charge in [0, 0.05) is 44.5 Å². The van der Waals surface area contributed by atoms with E-state index in [2.05, 4.69) is 47.1 Å². The molecular weight excluding hydrogens is 300 g/mol. The second-order valence-corrected chi connectivity index (χ2v) is 6.19. The van der Waals surface area contributed by atoms with Crippen molar-refractivity contribution in [2.45, 2.75) is 6.92 Å². The van der Waals surface area contributed by atoms with Gasteiger partial charge in [-0.15, -0.1) is 0 Å². The van der Waals surface area contributed by atoms with Gasteiger partial charge in [0.1, 0.15) is 18.1 Å². The quantitative estimate of drug-likeness (QED) is 0.814. The SMILES string of the molecule is COc1cccc(N2CCN(CCOc3ccc(C)cc3)CC2)c1. The molecule has 0 bridgehead atoms. The third kappa shape index (κ3) is 4.42. The van der Waals surface area contributed by atoms with Gasteiger partial charge in [-0.05, 0) is 31.2 Å². The minimum absolute atomic E-state index is 0.738. The van der Waals surface area contributed by atoms with Gasteiger partial charge in [0.15, 0.2) is 0 Å². The third-order valence-electron chi connectivity index (χ3n) is 4.49. The number of methoxy groups -OCH3 is 1. The normalized spacial score (nSPS) is 15.3. The number of nitrogens with zero attached hydrogens (tertiary/aromatic N) is 2. The first-order valence-electron chi connectivity index (χ1n) is 8.55. The van der Waals surface area contributed by atoms with Gasteiger partial charge >= 0.3 is 0 Å². The number of hydrogen-bond donors (Lipinski definition) is 0. The molecule has 0 N–H and O–H groups in total. The summed E-state index contributed by atoms with van der Waals surface area (Å²) in [5.41, 5.74) is 2.50. The van der Waals surface area contributed by atoms with E-state index in [1.165, 1.54) is 11.3 Å². The minimum Gasteiger partial charge on any atom is -0.497 e. The fourth-order valence-corrected chi connectivity index (χ4v) is 2.96. The number of anilines is 1. The van der Waals surface area contributed by atoms with E-state index in [4.69, 9.17) is 9.47 Å². The number of piperazine rings is 1. The van der Waals surface area contributed by atoms with E-state index < -0.39 is 0 Å². The summed E-state index contributed by atoms with van der Waals surface area (Å²) in [7, 11) is 1.71. The van der Waals surface area contributed by atoms with Crippen molar-refractivity contribution in [3.05, 3.63) is 54.1 Å². The molecule has 0 spiro atoms. The number of benzene rings is 2. The first-order valence-corrected chi connectivity index (χ1v) is 8.55. The van der Waals surface area contributed by atoms with E-state index in [-0.39, 0.29) is 0 Å². The van der Waals surface area contributed by atoms with Gasteiger partial charge in [-0.25, -0.2) is 0 Å². The average Bonchev–Trinajstić information content (AvgIpc) is 2.64. The summed E-state index contributed by atoms with van der Waals surface area (Å²) in [6, 6.07) is 16.5. The molecule has 1 saturated heterocycles. The predicted octanol–water partition coefficient (Wildman–Crippen LogP) is 3.20. The van der Waals surface area contributed by atoms with Crippen LogP contribution in [0.5, 0.6) is 11.5 Å². The van der Waals surface area contributed by atoms with Gasteiger partial charge in [-0.3, -0.25) is 4.90 Å². The molecule has 2 aromatic rings. The Bertz CT molecular complexity index is 634. The highest BCUT2D eigenvalue weighted by Gasteiger charge is 2.17. The molecule has 1 aliphatic heterocycles. The van der Waals surface area contributed by atoms with E-state index in [0.29, 0.717) is 0 Å². The fraction of sp³-hybridized carbons (Fsp3) is 0.400. The number of rotatable bonds is 6. The molecular formula is C20H26N2O2. The first-order chi connectivity index (χ1) is 11.7. The second-order valence-electron chi connectivity index (χ2n) is 6.19. The molecule has 2 aromatic carbocycles. The maximum absolute atomic E-state index is 5.83. The minimum atomic E-state index is 0.738. The lowest BCUT2D eigenvalue weighted by Crippen LogP contribution is -2.47. The highest BCUT2D eigenvalue weighted by Crippen LogP contribution is 2.22. The highest BCUT2D eigenvalue weighted by molar-refractivity contribution is 5.51.